The van der Waals surface area contributed by atoms with Crippen molar-refractivity contribution < 1.29 is 36.9 Å². The average molecular weight is 557 g/mol. The Bertz CT molecular complexity index is 1520. The Morgan fingerprint density at radius 1 is 0.923 bits per heavy atom. The molecular formula is C29H35NO8P+. The lowest BCUT2D eigenvalue weighted by Gasteiger charge is -2.23. The maximum atomic E-state index is 12.2. The zero-order valence-corrected chi connectivity index (χ0v) is 23.8. The number of ether oxygens (including phenoxy) is 2. The van der Waals surface area contributed by atoms with E-state index in [1.54, 1.807) is 25.3 Å². The van der Waals surface area contributed by atoms with Gasteiger partial charge < -0.3 is 23.3 Å². The molecule has 2 aromatic rings. The van der Waals surface area contributed by atoms with Crippen LogP contribution < -0.4 is 14.9 Å². The van der Waals surface area contributed by atoms with Crippen molar-refractivity contribution in [2.75, 3.05) is 48.2 Å². The molecule has 0 fully saturated rings. The molecule has 0 amide bonds. The molecule has 0 radical (unpaired) electrons. The first kappa shape index (κ1) is 28.8. The Morgan fingerprint density at radius 3 is 2.38 bits per heavy atom. The van der Waals surface area contributed by atoms with Crippen molar-refractivity contribution in [1.82, 2.24) is 0 Å². The minimum absolute atomic E-state index is 0.116. The van der Waals surface area contributed by atoms with Crippen LogP contribution in [-0.4, -0.2) is 57.6 Å². The Labute approximate surface area is 228 Å². The van der Waals surface area contributed by atoms with Gasteiger partial charge in [0.1, 0.15) is 22.8 Å². The van der Waals surface area contributed by atoms with Crippen LogP contribution in [0.25, 0.3) is 33.4 Å². The van der Waals surface area contributed by atoms with Gasteiger partial charge in [-0.15, -0.1) is 0 Å². The van der Waals surface area contributed by atoms with Crippen LogP contribution in [0.15, 0.2) is 63.8 Å². The lowest BCUT2D eigenvalue weighted by Crippen LogP contribution is -2.35. The molecule has 1 heterocycles. The number of phosphoric acid groups is 1. The van der Waals surface area contributed by atoms with Crippen LogP contribution >= 0.6 is 7.82 Å². The summed E-state index contributed by atoms with van der Waals surface area (Å²) >= 11 is 0. The SMILES string of the molecule is COc1ccc(-c2c3ccc(=O)cc-3oc3cc(OCOP(=O)(O)OCCCC[N+](C)(C)C)ccc23)c(C)c1. The number of quaternary nitrogens is 1. The van der Waals surface area contributed by atoms with Gasteiger partial charge in [0, 0.05) is 28.6 Å². The van der Waals surface area contributed by atoms with E-state index < -0.39 is 14.6 Å². The van der Waals surface area contributed by atoms with Crippen LogP contribution in [0.4, 0.5) is 0 Å². The third-order valence-electron chi connectivity index (χ3n) is 6.29. The first-order valence-corrected chi connectivity index (χ1v) is 14.2. The summed E-state index contributed by atoms with van der Waals surface area (Å²) in [5.41, 5.74) is 3.99. The highest BCUT2D eigenvalue weighted by Crippen LogP contribution is 2.44. The second kappa shape index (κ2) is 11.9. The van der Waals surface area contributed by atoms with Gasteiger partial charge in [0.2, 0.25) is 0 Å². The van der Waals surface area contributed by atoms with Gasteiger partial charge in [-0.25, -0.2) is 9.09 Å². The number of hydrogen-bond acceptors (Lipinski definition) is 7. The Balaban J connectivity index is 1.53. The molecule has 208 valence electrons. The fraction of sp³-hybridized carbons (Fsp3) is 0.345. The van der Waals surface area contributed by atoms with Gasteiger partial charge in [0.15, 0.2) is 12.2 Å². The molecule has 1 aliphatic carbocycles. The van der Waals surface area contributed by atoms with Gasteiger partial charge in [-0.05, 0) is 67.3 Å². The molecule has 0 bridgehead atoms. The average Bonchev–Trinajstić information content (AvgIpc) is 2.86. The third-order valence-corrected chi connectivity index (χ3v) is 7.23. The van der Waals surface area contributed by atoms with E-state index in [9.17, 15) is 14.3 Å². The Hall–Kier alpha value is -3.20. The lowest BCUT2D eigenvalue weighted by molar-refractivity contribution is -0.870. The monoisotopic (exact) mass is 556 g/mol. The Kier molecular flexibility index (Phi) is 8.79. The zero-order chi connectivity index (χ0) is 28.2. The fourth-order valence-corrected chi connectivity index (χ4v) is 4.96. The highest BCUT2D eigenvalue weighted by Gasteiger charge is 2.22. The van der Waals surface area contributed by atoms with Crippen LogP contribution in [0.5, 0.6) is 11.5 Å². The predicted octanol–water partition coefficient (Wildman–Crippen LogP) is 5.84. The van der Waals surface area contributed by atoms with E-state index in [4.69, 9.17) is 22.9 Å². The molecule has 1 N–H and O–H groups in total. The zero-order valence-electron chi connectivity index (χ0n) is 22.9. The molecule has 0 saturated heterocycles. The summed E-state index contributed by atoms with van der Waals surface area (Å²) in [7, 11) is 3.63. The standard InChI is InChI=1S/C29H34NO8P/c1-20-16-22(34-5)9-12-24(20)29-25-11-8-21(31)17-27(25)38-28-18-23(10-13-26(28)29)35-19-37-39(32,33)36-15-7-6-14-30(2,3)4/h8-13,16-18H,6-7,14-15,19H2,1-5H3/p+1. The van der Waals surface area contributed by atoms with Crippen molar-refractivity contribution in [2.45, 2.75) is 19.8 Å². The maximum absolute atomic E-state index is 12.2. The molecule has 9 nitrogen and oxygen atoms in total. The van der Waals surface area contributed by atoms with E-state index in [0.717, 1.165) is 50.8 Å². The van der Waals surface area contributed by atoms with Gasteiger partial charge in [0.25, 0.3) is 0 Å². The number of hydrogen-bond donors (Lipinski definition) is 1. The molecule has 2 aliphatic rings. The largest absolute Gasteiger partial charge is 0.497 e. The number of methoxy groups -OCH3 is 1. The van der Waals surface area contributed by atoms with Gasteiger partial charge in [-0.2, -0.15) is 0 Å². The van der Waals surface area contributed by atoms with Crippen LogP contribution in [0, 0.1) is 6.92 Å². The summed E-state index contributed by atoms with van der Waals surface area (Å²) in [6.07, 6.45) is 1.51. The number of unbranched alkanes of at least 4 members (excludes halogenated alkanes) is 1. The number of rotatable bonds is 12. The highest BCUT2D eigenvalue weighted by atomic mass is 31.2. The molecule has 10 heteroatoms. The van der Waals surface area contributed by atoms with Crippen LogP contribution in [0.1, 0.15) is 18.4 Å². The van der Waals surface area contributed by atoms with Crippen LogP contribution in [0.3, 0.4) is 0 Å². The number of phosphoric ester groups is 1. The van der Waals surface area contributed by atoms with E-state index in [-0.39, 0.29) is 12.0 Å². The molecule has 39 heavy (non-hydrogen) atoms. The summed E-state index contributed by atoms with van der Waals surface area (Å²) in [6, 6.07) is 15.8. The van der Waals surface area contributed by atoms with Crippen molar-refractivity contribution in [3.8, 4) is 33.9 Å². The number of fused-ring (bicyclic) bond motifs is 2. The summed E-state index contributed by atoms with van der Waals surface area (Å²) in [6.45, 7) is 2.56. The van der Waals surface area contributed by atoms with Crippen molar-refractivity contribution in [1.29, 1.82) is 0 Å². The maximum Gasteiger partial charge on any atom is 0.475 e. The first-order chi connectivity index (χ1) is 18.5. The molecule has 1 aliphatic heterocycles. The highest BCUT2D eigenvalue weighted by molar-refractivity contribution is 7.47. The van der Waals surface area contributed by atoms with Gasteiger partial charge >= 0.3 is 7.82 Å². The van der Waals surface area contributed by atoms with Crippen LogP contribution in [0.2, 0.25) is 0 Å². The normalized spacial score (nSPS) is 13.5. The predicted molar refractivity (Wildman–Crippen MR) is 150 cm³/mol. The third kappa shape index (κ3) is 7.47. The van der Waals surface area contributed by atoms with Crippen molar-refractivity contribution >= 4 is 18.8 Å². The topological polar surface area (TPSA) is 104 Å². The number of nitrogens with zero attached hydrogens (tertiary/aromatic N) is 1. The van der Waals surface area contributed by atoms with Gasteiger partial charge in [0.05, 0.1) is 41.4 Å². The van der Waals surface area contributed by atoms with Gasteiger partial charge in [-0.3, -0.25) is 9.32 Å². The minimum atomic E-state index is -4.26. The van der Waals surface area contributed by atoms with Crippen LogP contribution in [-0.2, 0) is 13.6 Å². The molecule has 4 rings (SSSR count). The fourth-order valence-electron chi connectivity index (χ4n) is 4.34. The summed E-state index contributed by atoms with van der Waals surface area (Å²) in [5, 5.41) is 0.813. The lowest BCUT2D eigenvalue weighted by atomic mass is 9.91. The van der Waals surface area contributed by atoms with Crippen molar-refractivity contribution in [3.05, 3.63) is 70.4 Å². The molecule has 2 aromatic carbocycles. The van der Waals surface area contributed by atoms with E-state index in [2.05, 4.69) is 21.1 Å². The smallest absolute Gasteiger partial charge is 0.475 e. The summed E-state index contributed by atoms with van der Waals surface area (Å²) < 4.78 is 40.1. The number of benzene rings is 3. The van der Waals surface area contributed by atoms with Crippen molar-refractivity contribution in [2.24, 2.45) is 0 Å². The molecule has 0 aromatic heterocycles. The van der Waals surface area contributed by atoms with E-state index in [0.29, 0.717) is 23.5 Å². The quantitative estimate of drug-likeness (QED) is 0.0763. The minimum Gasteiger partial charge on any atom is -0.497 e. The molecular weight excluding hydrogens is 521 g/mol. The van der Waals surface area contributed by atoms with E-state index in [1.165, 1.54) is 12.1 Å². The molecule has 1 unspecified atom stereocenters. The molecule has 0 saturated carbocycles. The summed E-state index contributed by atoms with van der Waals surface area (Å²) in [5.74, 6) is 1.55. The van der Waals surface area contributed by atoms with Gasteiger partial charge in [-0.1, -0.05) is 6.07 Å². The molecule has 0 spiro atoms. The second-order valence-corrected chi connectivity index (χ2v) is 11.8. The number of aryl methyl sites for hydroxylation is 1. The Morgan fingerprint density at radius 2 is 1.67 bits per heavy atom. The summed E-state index contributed by atoms with van der Waals surface area (Å²) in [4.78, 5) is 22.1. The molecule has 1 atom stereocenters. The van der Waals surface area contributed by atoms with Crippen molar-refractivity contribution in [3.63, 3.8) is 0 Å². The van der Waals surface area contributed by atoms with E-state index in [1.807, 2.05) is 31.2 Å². The first-order valence-electron chi connectivity index (χ1n) is 12.7. The second-order valence-electron chi connectivity index (χ2n) is 10.4. The van der Waals surface area contributed by atoms with E-state index >= 15 is 0 Å².